The quantitative estimate of drug-likeness (QED) is 0.720. The molecule has 2 fully saturated rings. The molecule has 2 bridgehead atoms. The Hall–Kier alpha value is -2.72. The second-order valence-electron chi connectivity index (χ2n) is 8.39. The highest BCUT2D eigenvalue weighted by atomic mass is 16.5. The number of ketones is 1. The van der Waals surface area contributed by atoms with Gasteiger partial charge in [-0.25, -0.2) is 0 Å². The van der Waals surface area contributed by atoms with Crippen molar-refractivity contribution in [3.8, 4) is 11.1 Å². The number of aryl methyl sites for hydroxylation is 2. The van der Waals surface area contributed by atoms with E-state index in [-0.39, 0.29) is 35.8 Å². The molecule has 0 N–H and O–H groups in total. The third-order valence-electron chi connectivity index (χ3n) is 6.52. The summed E-state index contributed by atoms with van der Waals surface area (Å²) in [6.07, 6.45) is 1.75. The molecule has 0 aromatic heterocycles. The number of hydrogen-bond donors (Lipinski definition) is 0. The van der Waals surface area contributed by atoms with Crippen LogP contribution in [0.3, 0.4) is 0 Å². The highest BCUT2D eigenvalue weighted by molar-refractivity contribution is 6.26. The van der Waals surface area contributed by atoms with Gasteiger partial charge in [0.1, 0.15) is 5.76 Å². The highest BCUT2D eigenvalue weighted by Crippen LogP contribution is 2.55. The average Bonchev–Trinajstić information content (AvgIpc) is 3.37. The number of benzene rings is 2. The number of carbonyl (C=O) groups excluding carboxylic acids is 2. The fourth-order valence-electron chi connectivity index (χ4n) is 5.47. The Labute approximate surface area is 170 Å². The smallest absolute Gasteiger partial charge is 0.307 e. The maximum absolute atomic E-state index is 13.5. The second-order valence-corrected chi connectivity index (χ2v) is 8.39. The molecule has 0 radical (unpaired) electrons. The normalized spacial score (nSPS) is 27.5. The first-order valence-electron chi connectivity index (χ1n) is 10.2. The third-order valence-corrected chi connectivity index (χ3v) is 6.52. The summed E-state index contributed by atoms with van der Waals surface area (Å²) < 4.78 is 11.7. The molecular formula is C25H24O4. The Morgan fingerprint density at radius 3 is 2.21 bits per heavy atom. The van der Waals surface area contributed by atoms with E-state index in [1.165, 1.54) is 6.92 Å². The summed E-state index contributed by atoms with van der Waals surface area (Å²) in [6, 6.07) is 14.4. The molecule has 5 rings (SSSR count). The molecule has 0 unspecified atom stereocenters. The van der Waals surface area contributed by atoms with Gasteiger partial charge in [-0.15, -0.1) is 0 Å². The van der Waals surface area contributed by atoms with Crippen LogP contribution in [-0.2, 0) is 19.1 Å². The zero-order valence-electron chi connectivity index (χ0n) is 16.9. The van der Waals surface area contributed by atoms with Crippen LogP contribution in [0.25, 0.3) is 16.7 Å². The maximum Gasteiger partial charge on any atom is 0.307 e. The molecule has 4 heteroatoms. The minimum absolute atomic E-state index is 0.0231. The van der Waals surface area contributed by atoms with Crippen molar-refractivity contribution < 1.29 is 19.1 Å². The zero-order chi connectivity index (χ0) is 20.3. The summed E-state index contributed by atoms with van der Waals surface area (Å²) in [5.41, 5.74) is 5.79. The predicted octanol–water partition coefficient (Wildman–Crippen LogP) is 4.62. The fourth-order valence-corrected chi connectivity index (χ4v) is 5.47. The molecule has 29 heavy (non-hydrogen) atoms. The van der Waals surface area contributed by atoms with E-state index >= 15 is 0 Å². The molecule has 2 saturated heterocycles. The Morgan fingerprint density at radius 2 is 1.59 bits per heavy atom. The van der Waals surface area contributed by atoms with Crippen LogP contribution in [0.1, 0.15) is 36.5 Å². The van der Waals surface area contributed by atoms with Crippen LogP contribution in [0.2, 0.25) is 0 Å². The van der Waals surface area contributed by atoms with Crippen LogP contribution in [0, 0.1) is 25.7 Å². The third kappa shape index (κ3) is 2.77. The Kier molecular flexibility index (Phi) is 4.21. The fraction of sp³-hybridized carbons (Fsp3) is 0.360. The standard InChI is InChI=1S/C25H24O4/c1-13-11-17(16-7-5-4-6-8-16)12-14(2)20(13)23-24(27)21-18-9-10-19(29-18)22(21)25(23)28-15(3)26/h4-8,11-12,18-19,21-22H,9-10H2,1-3H3/t18-,19+,21-,22+/m0/s1. The Balaban J connectivity index is 1.66. The summed E-state index contributed by atoms with van der Waals surface area (Å²) in [5, 5.41) is 0. The number of rotatable bonds is 3. The molecule has 0 saturated carbocycles. The molecule has 0 spiro atoms. The molecule has 4 nitrogen and oxygen atoms in total. The minimum atomic E-state index is -0.384. The van der Waals surface area contributed by atoms with Crippen molar-refractivity contribution in [1.82, 2.24) is 0 Å². The Bertz CT molecular complexity index is 1030. The molecule has 2 aromatic carbocycles. The first kappa shape index (κ1) is 18.3. The number of fused-ring (bicyclic) bond motifs is 5. The van der Waals surface area contributed by atoms with Crippen molar-refractivity contribution >= 4 is 17.3 Å². The number of ether oxygens (including phenoxy) is 2. The van der Waals surface area contributed by atoms with Crippen LogP contribution in [0.5, 0.6) is 0 Å². The van der Waals surface area contributed by atoms with Crippen molar-refractivity contribution in [3.05, 3.63) is 64.9 Å². The number of Topliss-reactive ketones (excluding diaryl/α,β-unsaturated/α-hetero) is 1. The van der Waals surface area contributed by atoms with Gasteiger partial charge in [0.05, 0.1) is 29.6 Å². The maximum atomic E-state index is 13.5. The second kappa shape index (κ2) is 6.67. The molecule has 4 atom stereocenters. The molecule has 0 amide bonds. The Morgan fingerprint density at radius 1 is 0.966 bits per heavy atom. The predicted molar refractivity (Wildman–Crippen MR) is 110 cm³/mol. The number of esters is 1. The van der Waals surface area contributed by atoms with Crippen molar-refractivity contribution in [1.29, 1.82) is 0 Å². The molecule has 148 valence electrons. The van der Waals surface area contributed by atoms with Crippen LogP contribution in [0.4, 0.5) is 0 Å². The van der Waals surface area contributed by atoms with Gasteiger partial charge in [0.2, 0.25) is 0 Å². The lowest BCUT2D eigenvalue weighted by atomic mass is 9.80. The lowest BCUT2D eigenvalue weighted by Gasteiger charge is -2.21. The van der Waals surface area contributed by atoms with Gasteiger partial charge >= 0.3 is 5.97 Å². The number of carbonyl (C=O) groups is 2. The SMILES string of the molecule is CC(=O)OC1=C(c2c(C)cc(-c3ccccc3)cc2C)C(=O)[C@@H]2[C@H]1[C@H]1CC[C@@H]2O1. The first-order valence-corrected chi connectivity index (χ1v) is 10.2. The molecule has 2 aromatic rings. The summed E-state index contributed by atoms with van der Waals surface area (Å²) in [6.45, 7) is 5.45. The van der Waals surface area contributed by atoms with Crippen LogP contribution < -0.4 is 0 Å². The lowest BCUT2D eigenvalue weighted by Crippen LogP contribution is -2.29. The van der Waals surface area contributed by atoms with Crippen LogP contribution in [-0.4, -0.2) is 24.0 Å². The van der Waals surface area contributed by atoms with Crippen molar-refractivity contribution in [2.45, 2.75) is 45.8 Å². The van der Waals surface area contributed by atoms with Gasteiger partial charge in [-0.05, 0) is 54.5 Å². The van der Waals surface area contributed by atoms with Crippen molar-refractivity contribution in [3.63, 3.8) is 0 Å². The topological polar surface area (TPSA) is 52.6 Å². The highest BCUT2D eigenvalue weighted by Gasteiger charge is 2.60. The van der Waals surface area contributed by atoms with E-state index < -0.39 is 0 Å². The molecule has 1 aliphatic carbocycles. The van der Waals surface area contributed by atoms with Gasteiger partial charge in [0.25, 0.3) is 0 Å². The number of hydrogen-bond acceptors (Lipinski definition) is 4. The summed E-state index contributed by atoms with van der Waals surface area (Å²) in [5.74, 6) is -0.140. The van der Waals surface area contributed by atoms with E-state index in [1.807, 2.05) is 32.0 Å². The molecular weight excluding hydrogens is 364 g/mol. The summed E-state index contributed by atoms with van der Waals surface area (Å²) in [7, 11) is 0. The molecule has 2 heterocycles. The van der Waals surface area contributed by atoms with Gasteiger partial charge in [-0.2, -0.15) is 0 Å². The van der Waals surface area contributed by atoms with E-state index in [1.54, 1.807) is 0 Å². The number of allylic oxidation sites excluding steroid dienone is 1. The van der Waals surface area contributed by atoms with Crippen LogP contribution >= 0.6 is 0 Å². The first-order chi connectivity index (χ1) is 14.0. The monoisotopic (exact) mass is 388 g/mol. The van der Waals surface area contributed by atoms with Gasteiger partial charge < -0.3 is 9.47 Å². The molecule has 2 aliphatic heterocycles. The van der Waals surface area contributed by atoms with Crippen LogP contribution in [0.15, 0.2) is 48.2 Å². The summed E-state index contributed by atoms with van der Waals surface area (Å²) >= 11 is 0. The molecule has 3 aliphatic rings. The summed E-state index contributed by atoms with van der Waals surface area (Å²) in [4.78, 5) is 25.4. The van der Waals surface area contributed by atoms with E-state index in [4.69, 9.17) is 9.47 Å². The lowest BCUT2D eigenvalue weighted by molar-refractivity contribution is -0.138. The van der Waals surface area contributed by atoms with E-state index in [2.05, 4.69) is 24.3 Å². The van der Waals surface area contributed by atoms with E-state index in [9.17, 15) is 9.59 Å². The largest absolute Gasteiger partial charge is 0.430 e. The average molecular weight is 388 g/mol. The van der Waals surface area contributed by atoms with E-state index in [0.29, 0.717) is 11.3 Å². The van der Waals surface area contributed by atoms with Gasteiger partial charge in [0, 0.05) is 6.92 Å². The van der Waals surface area contributed by atoms with Gasteiger partial charge in [0.15, 0.2) is 5.78 Å². The zero-order valence-corrected chi connectivity index (χ0v) is 16.9. The minimum Gasteiger partial charge on any atom is -0.430 e. The van der Waals surface area contributed by atoms with E-state index in [0.717, 1.165) is 40.7 Å². The van der Waals surface area contributed by atoms with Crippen molar-refractivity contribution in [2.75, 3.05) is 0 Å². The van der Waals surface area contributed by atoms with Gasteiger partial charge in [-0.3, -0.25) is 9.59 Å². The van der Waals surface area contributed by atoms with Crippen molar-refractivity contribution in [2.24, 2.45) is 11.8 Å². The van der Waals surface area contributed by atoms with Gasteiger partial charge in [-0.1, -0.05) is 42.5 Å².